The Morgan fingerprint density at radius 3 is 2.83 bits per heavy atom. The summed E-state index contributed by atoms with van der Waals surface area (Å²) < 4.78 is 33.2. The zero-order valence-electron chi connectivity index (χ0n) is 28.3. The standard InChI is InChI=1S/C39H32ClFN6O4S/c1-18-45-46-38(51-18)31-27(14-20-17-50-29-16-21(40)5-6-22(20)29)43-34-28-4-3-13-47(28)39(48)33(34)32(31)30-15-19-11-12-42-37(36(19)52-30)44-26-10-8-24-23(26)7-9-25(41)35(24)49-2/h5-7,9,11-12,15-16,20,26,28H,3-4,8,10,13-14,17H2,1-2H3,(H,42,44). The first-order chi connectivity index (χ1) is 25.4. The van der Waals surface area contributed by atoms with Crippen molar-refractivity contribution in [3.8, 4) is 33.4 Å². The van der Waals surface area contributed by atoms with Crippen LogP contribution in [0.4, 0.5) is 10.2 Å². The summed E-state index contributed by atoms with van der Waals surface area (Å²) >= 11 is 7.87. The normalized spacial score (nSPS) is 19.9. The number of rotatable bonds is 7. The summed E-state index contributed by atoms with van der Waals surface area (Å²) in [5.41, 5.74) is 6.58. The lowest BCUT2D eigenvalue weighted by atomic mass is 9.89. The summed E-state index contributed by atoms with van der Waals surface area (Å²) in [6.45, 7) is 2.93. The van der Waals surface area contributed by atoms with E-state index in [1.54, 1.807) is 24.5 Å². The van der Waals surface area contributed by atoms with Crippen LogP contribution in [0.15, 0.2) is 53.1 Å². The van der Waals surface area contributed by atoms with Crippen molar-refractivity contribution in [3.63, 3.8) is 0 Å². The Balaban J connectivity index is 1.14. The number of nitrogens with zero attached hydrogens (tertiary/aromatic N) is 5. The number of aryl methyl sites for hydroxylation is 1. The molecule has 1 fully saturated rings. The molecule has 10 rings (SSSR count). The topological polar surface area (TPSA) is 116 Å². The monoisotopic (exact) mass is 734 g/mol. The van der Waals surface area contributed by atoms with Gasteiger partial charge in [-0.3, -0.25) is 9.78 Å². The Morgan fingerprint density at radius 1 is 1.10 bits per heavy atom. The van der Waals surface area contributed by atoms with Crippen molar-refractivity contribution in [1.82, 2.24) is 25.1 Å². The molecule has 4 aliphatic rings. The fraction of sp³-hybridized carbons (Fsp3) is 0.308. The maximum absolute atomic E-state index is 14.5. The van der Waals surface area contributed by atoms with Crippen LogP contribution >= 0.6 is 22.9 Å². The van der Waals surface area contributed by atoms with Crippen LogP contribution in [0.25, 0.3) is 32.0 Å². The quantitative estimate of drug-likeness (QED) is 0.172. The number of halogens is 2. The molecule has 2 aromatic carbocycles. The van der Waals surface area contributed by atoms with Crippen molar-refractivity contribution in [1.29, 1.82) is 0 Å². The van der Waals surface area contributed by atoms with E-state index in [0.717, 1.165) is 79.4 Å². The highest BCUT2D eigenvalue weighted by atomic mass is 35.5. The van der Waals surface area contributed by atoms with Crippen LogP contribution < -0.4 is 14.8 Å². The van der Waals surface area contributed by atoms with Gasteiger partial charge in [-0.2, -0.15) is 0 Å². The number of amides is 1. The maximum Gasteiger partial charge on any atom is 0.257 e. The van der Waals surface area contributed by atoms with Crippen molar-refractivity contribution in [2.45, 2.75) is 57.0 Å². The molecule has 0 bridgehead atoms. The van der Waals surface area contributed by atoms with E-state index in [1.165, 1.54) is 13.2 Å². The Labute approximate surface area is 307 Å². The lowest BCUT2D eigenvalue weighted by Crippen LogP contribution is -2.22. The number of carbonyl (C=O) groups is 1. The van der Waals surface area contributed by atoms with Gasteiger partial charge in [-0.05, 0) is 67.0 Å². The molecule has 0 spiro atoms. The Kier molecular flexibility index (Phi) is 7.30. The Hall–Kier alpha value is -5.07. The number of fused-ring (bicyclic) bond motifs is 6. The number of carbonyl (C=O) groups excluding carboxylic acids is 1. The minimum Gasteiger partial charge on any atom is -0.493 e. The van der Waals surface area contributed by atoms with Gasteiger partial charge >= 0.3 is 0 Å². The zero-order valence-corrected chi connectivity index (χ0v) is 29.9. The van der Waals surface area contributed by atoms with Gasteiger partial charge in [0, 0.05) is 58.6 Å². The van der Waals surface area contributed by atoms with Gasteiger partial charge in [-0.25, -0.2) is 9.37 Å². The summed E-state index contributed by atoms with van der Waals surface area (Å²) in [4.78, 5) is 27.3. The number of methoxy groups -OCH3 is 1. The van der Waals surface area contributed by atoms with Crippen LogP contribution in [-0.2, 0) is 12.8 Å². The highest BCUT2D eigenvalue weighted by Gasteiger charge is 2.45. The summed E-state index contributed by atoms with van der Waals surface area (Å²) in [5.74, 6) is 2.18. The van der Waals surface area contributed by atoms with Gasteiger partial charge in [-0.1, -0.05) is 23.7 Å². The lowest BCUT2D eigenvalue weighted by Gasteiger charge is -2.18. The zero-order chi connectivity index (χ0) is 35.2. The summed E-state index contributed by atoms with van der Waals surface area (Å²) in [7, 11) is 1.51. The predicted octanol–water partition coefficient (Wildman–Crippen LogP) is 8.63. The number of hydrogen-bond donors (Lipinski definition) is 1. The largest absolute Gasteiger partial charge is 0.493 e. The third-order valence-electron chi connectivity index (χ3n) is 10.9. The molecular weight excluding hydrogens is 703 g/mol. The highest BCUT2D eigenvalue weighted by Crippen LogP contribution is 2.51. The van der Waals surface area contributed by atoms with Gasteiger partial charge in [0.1, 0.15) is 11.6 Å². The van der Waals surface area contributed by atoms with Gasteiger partial charge in [0.15, 0.2) is 11.6 Å². The number of pyridine rings is 2. The number of nitrogens with one attached hydrogen (secondary N) is 1. The molecule has 0 radical (unpaired) electrons. The van der Waals surface area contributed by atoms with Crippen molar-refractivity contribution >= 4 is 44.7 Å². The third-order valence-corrected chi connectivity index (χ3v) is 12.3. The molecule has 1 saturated heterocycles. The number of thiophene rings is 1. The molecule has 7 heterocycles. The first-order valence-electron chi connectivity index (χ1n) is 17.5. The minimum atomic E-state index is -0.356. The molecule has 3 atom stereocenters. The van der Waals surface area contributed by atoms with E-state index < -0.39 is 0 Å². The lowest BCUT2D eigenvalue weighted by molar-refractivity contribution is 0.0776. The molecule has 10 nitrogen and oxygen atoms in total. The van der Waals surface area contributed by atoms with Gasteiger partial charge in [0.05, 0.1) is 53.0 Å². The highest BCUT2D eigenvalue weighted by molar-refractivity contribution is 7.23. The molecule has 4 aromatic heterocycles. The van der Waals surface area contributed by atoms with Crippen molar-refractivity contribution in [3.05, 3.63) is 99.0 Å². The Bertz CT molecular complexity index is 2470. The van der Waals surface area contributed by atoms with Gasteiger partial charge in [0.25, 0.3) is 5.91 Å². The molecule has 13 heteroatoms. The molecule has 3 unspecified atom stereocenters. The van der Waals surface area contributed by atoms with E-state index >= 15 is 0 Å². The van der Waals surface area contributed by atoms with Crippen LogP contribution in [-0.4, -0.2) is 51.2 Å². The van der Waals surface area contributed by atoms with E-state index in [4.69, 9.17) is 35.5 Å². The van der Waals surface area contributed by atoms with Crippen molar-refractivity contribution in [2.75, 3.05) is 25.6 Å². The fourth-order valence-corrected chi connectivity index (χ4v) is 9.92. The average Bonchev–Trinajstić information content (AvgIpc) is 3.99. The second-order valence-electron chi connectivity index (χ2n) is 13.8. The molecule has 0 saturated carbocycles. The maximum atomic E-state index is 14.5. The number of ether oxygens (including phenoxy) is 2. The minimum absolute atomic E-state index is 0.00835. The SMILES string of the molecule is COc1c(F)ccc2c1CCC2Nc1nccc2cc(-c3c4c(nc(CC5COc6cc(Cl)ccc65)c3-c3nnc(C)o3)C3CCCN3C4=O)sc12. The van der Waals surface area contributed by atoms with Gasteiger partial charge in [0.2, 0.25) is 11.8 Å². The van der Waals surface area contributed by atoms with Gasteiger partial charge in [-0.15, -0.1) is 21.5 Å². The molecule has 6 aromatic rings. The van der Waals surface area contributed by atoms with Crippen molar-refractivity contribution in [2.24, 2.45) is 0 Å². The van der Waals surface area contributed by atoms with E-state index in [0.29, 0.717) is 59.7 Å². The van der Waals surface area contributed by atoms with Crippen LogP contribution in [0.2, 0.25) is 5.02 Å². The van der Waals surface area contributed by atoms with Gasteiger partial charge < -0.3 is 24.1 Å². The summed E-state index contributed by atoms with van der Waals surface area (Å²) in [6, 6.07) is 13.0. The average molecular weight is 735 g/mol. The first-order valence-corrected chi connectivity index (χ1v) is 18.7. The number of anilines is 1. The van der Waals surface area contributed by atoms with Crippen molar-refractivity contribution < 1.29 is 23.1 Å². The fourth-order valence-electron chi connectivity index (χ4n) is 8.59. The van der Waals surface area contributed by atoms with E-state index in [9.17, 15) is 9.18 Å². The number of aromatic nitrogens is 4. The molecule has 1 N–H and O–H groups in total. The molecule has 1 aliphatic carbocycles. The van der Waals surface area contributed by atoms with E-state index in [-0.39, 0.29) is 29.7 Å². The molecule has 262 valence electrons. The summed E-state index contributed by atoms with van der Waals surface area (Å²) in [6.07, 6.45) is 5.60. The van der Waals surface area contributed by atoms with Crippen LogP contribution in [0, 0.1) is 12.7 Å². The van der Waals surface area contributed by atoms with Crippen LogP contribution in [0.1, 0.15) is 81.6 Å². The Morgan fingerprint density at radius 2 is 1.98 bits per heavy atom. The smallest absolute Gasteiger partial charge is 0.257 e. The summed E-state index contributed by atoms with van der Waals surface area (Å²) in [5, 5.41) is 14.0. The van der Waals surface area contributed by atoms with Crippen LogP contribution in [0.5, 0.6) is 11.5 Å². The molecular formula is C39H32ClFN6O4S. The van der Waals surface area contributed by atoms with E-state index in [2.05, 4.69) is 21.6 Å². The van der Waals surface area contributed by atoms with E-state index in [1.807, 2.05) is 35.2 Å². The predicted molar refractivity (Wildman–Crippen MR) is 195 cm³/mol. The molecule has 3 aliphatic heterocycles. The van der Waals surface area contributed by atoms with Crippen LogP contribution in [0.3, 0.4) is 0 Å². The number of benzene rings is 2. The molecule has 52 heavy (non-hydrogen) atoms. The molecule has 1 amide bonds. The number of hydrogen-bond acceptors (Lipinski definition) is 10. The second kappa shape index (κ2) is 12.0. The first kappa shape index (κ1) is 31.6. The second-order valence-corrected chi connectivity index (χ2v) is 15.3. The third kappa shape index (κ3) is 4.83.